The van der Waals surface area contributed by atoms with E-state index in [1.807, 2.05) is 51.1 Å². The van der Waals surface area contributed by atoms with Gasteiger partial charge in [-0.2, -0.15) is 0 Å². The summed E-state index contributed by atoms with van der Waals surface area (Å²) >= 11 is 0. The van der Waals surface area contributed by atoms with Crippen molar-refractivity contribution in [1.29, 1.82) is 0 Å². The number of nitrogens with zero attached hydrogens (tertiary/aromatic N) is 3. The first-order valence-electron chi connectivity index (χ1n) is 14.2. The molecule has 3 N–H and O–H groups in total. The van der Waals surface area contributed by atoms with Crippen LogP contribution in [0.2, 0.25) is 0 Å². The number of amides is 2. The highest BCUT2D eigenvalue weighted by atomic mass is 19.1. The lowest BCUT2D eigenvalue weighted by Crippen LogP contribution is -2.48. The van der Waals surface area contributed by atoms with Crippen molar-refractivity contribution in [2.24, 2.45) is 5.41 Å². The minimum absolute atomic E-state index is 0.0711. The number of imidazole rings is 1. The lowest BCUT2D eigenvalue weighted by atomic mass is 9.84. The molecular formula is C32H40F2N4O6. The molecule has 12 heteroatoms. The number of benzene rings is 2. The fourth-order valence-electron chi connectivity index (χ4n) is 4.84. The molecule has 0 bridgehead atoms. The molecular weight excluding hydrogens is 574 g/mol. The molecule has 0 aliphatic rings. The van der Waals surface area contributed by atoms with E-state index in [1.54, 1.807) is 31.5 Å². The number of aromatic nitrogens is 2. The average molecular weight is 615 g/mol. The van der Waals surface area contributed by atoms with Gasteiger partial charge < -0.3 is 29.7 Å². The maximum atomic E-state index is 14.9. The maximum absolute atomic E-state index is 14.9. The van der Waals surface area contributed by atoms with E-state index in [9.17, 15) is 33.4 Å². The van der Waals surface area contributed by atoms with Gasteiger partial charge in [-0.15, -0.1) is 0 Å². The molecule has 0 unspecified atom stereocenters. The van der Waals surface area contributed by atoms with Crippen molar-refractivity contribution in [2.45, 2.75) is 72.2 Å². The maximum Gasteiger partial charge on any atom is 0.408 e. The Balaban J connectivity index is 2.10. The Morgan fingerprint density at radius 3 is 2.27 bits per heavy atom. The second-order valence-corrected chi connectivity index (χ2v) is 12.6. The zero-order chi connectivity index (χ0) is 32.8. The molecule has 2 atom stereocenters. The van der Waals surface area contributed by atoms with E-state index in [1.165, 1.54) is 4.90 Å². The highest BCUT2D eigenvalue weighted by molar-refractivity contribution is 5.80. The van der Waals surface area contributed by atoms with Gasteiger partial charge in [-0.25, -0.2) is 23.4 Å². The Morgan fingerprint density at radius 2 is 1.70 bits per heavy atom. The number of alkyl carbamates (subject to hydrolysis) is 1. The van der Waals surface area contributed by atoms with Crippen LogP contribution in [0, 0.1) is 17.0 Å². The predicted molar refractivity (Wildman–Crippen MR) is 160 cm³/mol. The summed E-state index contributed by atoms with van der Waals surface area (Å²) in [6.45, 7) is 9.63. The number of carboxylic acid groups (broad SMARTS) is 1. The molecule has 44 heavy (non-hydrogen) atoms. The molecule has 3 aromatic rings. The summed E-state index contributed by atoms with van der Waals surface area (Å²) in [5.41, 5.74) is -0.679. The van der Waals surface area contributed by atoms with Gasteiger partial charge in [-0.1, -0.05) is 51.1 Å². The molecule has 0 aliphatic heterocycles. The summed E-state index contributed by atoms with van der Waals surface area (Å²) in [4.78, 5) is 43.7. The van der Waals surface area contributed by atoms with Crippen molar-refractivity contribution >= 4 is 18.0 Å². The second-order valence-electron chi connectivity index (χ2n) is 12.6. The van der Waals surface area contributed by atoms with Crippen LogP contribution in [0.3, 0.4) is 0 Å². The molecule has 10 nitrogen and oxygen atoms in total. The minimum atomic E-state index is -1.42. The van der Waals surface area contributed by atoms with Gasteiger partial charge in [-0.05, 0) is 56.4 Å². The number of rotatable bonds is 11. The summed E-state index contributed by atoms with van der Waals surface area (Å²) in [6.07, 6.45) is 0.417. The standard InChI is InChI=1S/C32H40F2N4O6/c1-31(2,3)27(38(26(40)19-39)15-14-24(29(41)42)36-30(43)44-32(4,5)6)28-35-25(22-16-21(33)12-13-23(22)34)18-37(28)17-20-10-8-7-9-11-20/h7-13,16,18,24,27,39H,14-15,17,19H2,1-6H3,(H,36,43)(H,41,42)/t24-,27-/m0/s1. The molecule has 0 saturated heterocycles. The van der Waals surface area contributed by atoms with Crippen LogP contribution in [0.1, 0.15) is 65.4 Å². The van der Waals surface area contributed by atoms with Crippen LogP contribution in [0.4, 0.5) is 13.6 Å². The van der Waals surface area contributed by atoms with Crippen molar-refractivity contribution < 1.29 is 38.1 Å². The zero-order valence-corrected chi connectivity index (χ0v) is 25.8. The van der Waals surface area contributed by atoms with Crippen molar-refractivity contribution in [2.75, 3.05) is 13.2 Å². The normalized spacial score (nSPS) is 13.2. The van der Waals surface area contributed by atoms with Crippen molar-refractivity contribution in [1.82, 2.24) is 19.8 Å². The smallest absolute Gasteiger partial charge is 0.408 e. The summed E-state index contributed by atoms with van der Waals surface area (Å²) < 4.78 is 36.0. The van der Waals surface area contributed by atoms with Crippen LogP contribution in [-0.2, 0) is 20.9 Å². The van der Waals surface area contributed by atoms with Crippen molar-refractivity contribution in [3.63, 3.8) is 0 Å². The fourth-order valence-corrected chi connectivity index (χ4v) is 4.84. The molecule has 2 amide bonds. The van der Waals surface area contributed by atoms with E-state index >= 15 is 0 Å². The number of carboxylic acids is 1. The number of carbonyl (C=O) groups excluding carboxylic acids is 2. The first kappa shape index (κ1) is 34.2. The van der Waals surface area contributed by atoms with Gasteiger partial charge in [0.25, 0.3) is 0 Å². The molecule has 3 rings (SSSR count). The van der Waals surface area contributed by atoms with Crippen LogP contribution in [0.25, 0.3) is 11.3 Å². The third kappa shape index (κ3) is 9.09. The van der Waals surface area contributed by atoms with Crippen LogP contribution in [-0.4, -0.2) is 67.4 Å². The first-order chi connectivity index (χ1) is 20.5. The van der Waals surface area contributed by atoms with Gasteiger partial charge >= 0.3 is 12.1 Å². The topological polar surface area (TPSA) is 134 Å². The summed E-state index contributed by atoms with van der Waals surface area (Å²) in [5.74, 6) is -3.07. The summed E-state index contributed by atoms with van der Waals surface area (Å²) in [7, 11) is 0. The number of ether oxygens (including phenoxy) is 1. The monoisotopic (exact) mass is 614 g/mol. The van der Waals surface area contributed by atoms with E-state index in [2.05, 4.69) is 5.32 Å². The molecule has 2 aromatic carbocycles. The van der Waals surface area contributed by atoms with Gasteiger partial charge in [0, 0.05) is 24.8 Å². The van der Waals surface area contributed by atoms with Gasteiger partial charge in [0.15, 0.2) is 0 Å². The molecule has 238 valence electrons. The summed E-state index contributed by atoms with van der Waals surface area (Å²) in [5, 5.41) is 22.1. The Kier molecular flexibility index (Phi) is 10.9. The molecule has 0 aliphatic carbocycles. The number of aliphatic hydroxyl groups is 1. The lowest BCUT2D eigenvalue weighted by Gasteiger charge is -2.40. The van der Waals surface area contributed by atoms with Crippen molar-refractivity contribution in [3.05, 3.63) is 77.8 Å². The number of nitrogens with one attached hydrogen (secondary N) is 1. The number of carbonyl (C=O) groups is 3. The Morgan fingerprint density at radius 1 is 1.05 bits per heavy atom. The zero-order valence-electron chi connectivity index (χ0n) is 25.8. The van der Waals surface area contributed by atoms with Gasteiger partial charge in [0.05, 0.1) is 11.7 Å². The van der Waals surface area contributed by atoms with E-state index in [-0.39, 0.29) is 30.8 Å². The van der Waals surface area contributed by atoms with Crippen LogP contribution in [0.5, 0.6) is 0 Å². The van der Waals surface area contributed by atoms with Crippen LogP contribution < -0.4 is 5.32 Å². The fraction of sp³-hybridized carbons (Fsp3) is 0.438. The Bertz CT molecular complexity index is 1460. The highest BCUT2D eigenvalue weighted by Gasteiger charge is 2.39. The third-order valence-corrected chi connectivity index (χ3v) is 6.69. The van der Waals surface area contributed by atoms with Gasteiger partial charge in [-0.3, -0.25) is 4.79 Å². The number of hydrogen-bond donors (Lipinski definition) is 3. The van der Waals surface area contributed by atoms with Crippen molar-refractivity contribution in [3.8, 4) is 11.3 Å². The van der Waals surface area contributed by atoms with E-state index in [0.29, 0.717) is 5.82 Å². The number of aliphatic hydroxyl groups excluding tert-OH is 1. The quantitative estimate of drug-likeness (QED) is 0.272. The third-order valence-electron chi connectivity index (χ3n) is 6.69. The average Bonchev–Trinajstić information content (AvgIpc) is 3.32. The molecule has 0 saturated carbocycles. The van der Waals surface area contributed by atoms with E-state index in [4.69, 9.17) is 9.72 Å². The summed E-state index contributed by atoms with van der Waals surface area (Å²) in [6, 6.07) is 10.1. The molecule has 0 fully saturated rings. The molecule has 0 spiro atoms. The van der Waals surface area contributed by atoms with E-state index < -0.39 is 59.3 Å². The SMILES string of the molecule is CC(C)(C)OC(=O)N[C@@H](CCN(C(=O)CO)[C@@H](c1nc(-c2cc(F)ccc2F)cn1Cc1ccccc1)C(C)(C)C)C(=O)O. The van der Waals surface area contributed by atoms with Crippen LogP contribution in [0.15, 0.2) is 54.7 Å². The van der Waals surface area contributed by atoms with E-state index in [0.717, 1.165) is 23.8 Å². The first-order valence-corrected chi connectivity index (χ1v) is 14.2. The Labute approximate surface area is 255 Å². The minimum Gasteiger partial charge on any atom is -0.480 e. The van der Waals surface area contributed by atoms with Gasteiger partial charge in [0.2, 0.25) is 5.91 Å². The largest absolute Gasteiger partial charge is 0.480 e. The lowest BCUT2D eigenvalue weighted by molar-refractivity contribution is -0.143. The molecule has 1 aromatic heterocycles. The second kappa shape index (κ2) is 14.0. The number of hydrogen-bond acceptors (Lipinski definition) is 6. The van der Waals surface area contributed by atoms with Gasteiger partial charge in [0.1, 0.15) is 35.7 Å². The predicted octanol–water partition coefficient (Wildman–Crippen LogP) is 5.15. The molecule has 1 heterocycles. The van der Waals surface area contributed by atoms with Crippen LogP contribution >= 0.6 is 0 Å². The molecule has 0 radical (unpaired) electrons. The highest BCUT2D eigenvalue weighted by Crippen LogP contribution is 2.39. The Hall–Kier alpha value is -4.32. The number of halogens is 2. The number of aliphatic carboxylic acids is 1.